The Morgan fingerprint density at radius 3 is 2.78 bits per heavy atom. The number of benzene rings is 1. The fourth-order valence-electron chi connectivity index (χ4n) is 1.97. The van der Waals surface area contributed by atoms with E-state index in [0.29, 0.717) is 21.9 Å². The number of hydrogen-bond donors (Lipinski definition) is 1. The zero-order valence-corrected chi connectivity index (χ0v) is 10.9. The number of aromatic nitrogens is 2. The standard InChI is InChI=1S/C14H13FN2S/c1-8-2-3-10(6-11(8)15)14-16-12(9-4-5-9)7-13(18)17-14/h2-3,6-7,9H,4-5H2,1H3,(H,16,17,18). The van der Waals surface area contributed by atoms with Crippen molar-refractivity contribution >= 4 is 12.2 Å². The van der Waals surface area contributed by atoms with Gasteiger partial charge in [-0.25, -0.2) is 9.37 Å². The van der Waals surface area contributed by atoms with Gasteiger partial charge in [0.25, 0.3) is 0 Å². The fourth-order valence-corrected chi connectivity index (χ4v) is 2.19. The predicted octanol–water partition coefficient (Wildman–Crippen LogP) is 4.13. The van der Waals surface area contributed by atoms with Crippen molar-refractivity contribution in [3.05, 3.63) is 46.0 Å². The summed E-state index contributed by atoms with van der Waals surface area (Å²) in [6, 6.07) is 7.02. The van der Waals surface area contributed by atoms with E-state index in [0.717, 1.165) is 11.3 Å². The van der Waals surface area contributed by atoms with E-state index < -0.39 is 0 Å². The summed E-state index contributed by atoms with van der Waals surface area (Å²) in [5, 5.41) is 0. The third kappa shape index (κ3) is 2.20. The Kier molecular flexibility index (Phi) is 2.74. The molecule has 1 N–H and O–H groups in total. The number of H-pyrrole nitrogens is 1. The van der Waals surface area contributed by atoms with Gasteiger partial charge in [0.1, 0.15) is 16.3 Å². The first-order chi connectivity index (χ1) is 8.63. The van der Waals surface area contributed by atoms with E-state index in [1.54, 1.807) is 13.0 Å². The van der Waals surface area contributed by atoms with Crippen LogP contribution in [-0.4, -0.2) is 9.97 Å². The molecule has 0 radical (unpaired) electrons. The maximum absolute atomic E-state index is 13.6. The molecule has 0 amide bonds. The molecule has 1 fully saturated rings. The Labute approximate surface area is 110 Å². The molecule has 92 valence electrons. The Morgan fingerprint density at radius 1 is 1.33 bits per heavy atom. The van der Waals surface area contributed by atoms with Crippen LogP contribution in [0.3, 0.4) is 0 Å². The van der Waals surface area contributed by atoms with E-state index >= 15 is 0 Å². The average molecular weight is 260 g/mol. The molecule has 0 aliphatic heterocycles. The summed E-state index contributed by atoms with van der Waals surface area (Å²) >= 11 is 5.17. The van der Waals surface area contributed by atoms with Crippen LogP contribution in [0.4, 0.5) is 4.39 Å². The summed E-state index contributed by atoms with van der Waals surface area (Å²) in [6.45, 7) is 1.75. The third-order valence-corrected chi connectivity index (χ3v) is 3.44. The van der Waals surface area contributed by atoms with Crippen molar-refractivity contribution in [2.45, 2.75) is 25.7 Å². The van der Waals surface area contributed by atoms with Gasteiger partial charge in [-0.1, -0.05) is 24.4 Å². The zero-order chi connectivity index (χ0) is 12.7. The van der Waals surface area contributed by atoms with Crippen LogP contribution >= 0.6 is 12.2 Å². The number of nitrogens with one attached hydrogen (secondary N) is 1. The molecule has 0 atom stereocenters. The molecule has 1 saturated carbocycles. The SMILES string of the molecule is Cc1ccc(-c2nc(=S)cc(C3CC3)[nH]2)cc1F. The first-order valence-corrected chi connectivity index (χ1v) is 6.42. The second kappa shape index (κ2) is 4.28. The van der Waals surface area contributed by atoms with Gasteiger partial charge in [0.15, 0.2) is 0 Å². The first kappa shape index (κ1) is 11.5. The van der Waals surface area contributed by atoms with Crippen molar-refractivity contribution in [2.24, 2.45) is 0 Å². The smallest absolute Gasteiger partial charge is 0.139 e. The average Bonchev–Trinajstić information content (AvgIpc) is 3.16. The molecule has 1 aliphatic carbocycles. The lowest BCUT2D eigenvalue weighted by molar-refractivity contribution is 0.619. The van der Waals surface area contributed by atoms with E-state index in [2.05, 4.69) is 9.97 Å². The van der Waals surface area contributed by atoms with Gasteiger partial charge in [-0.15, -0.1) is 0 Å². The Morgan fingerprint density at radius 2 is 2.11 bits per heavy atom. The van der Waals surface area contributed by atoms with Gasteiger partial charge in [0.2, 0.25) is 0 Å². The minimum atomic E-state index is -0.217. The number of aryl methyl sites for hydroxylation is 1. The topological polar surface area (TPSA) is 28.7 Å². The summed E-state index contributed by atoms with van der Waals surface area (Å²) in [5.41, 5.74) is 2.49. The third-order valence-electron chi connectivity index (χ3n) is 3.23. The number of hydrogen-bond acceptors (Lipinski definition) is 2. The molecule has 4 heteroatoms. The van der Waals surface area contributed by atoms with Crippen LogP contribution in [0, 0.1) is 17.4 Å². The van der Waals surface area contributed by atoms with Gasteiger partial charge in [0.05, 0.1) is 0 Å². The van der Waals surface area contributed by atoms with E-state index in [1.807, 2.05) is 12.1 Å². The molecule has 0 unspecified atom stereocenters. The summed E-state index contributed by atoms with van der Waals surface area (Å²) in [4.78, 5) is 7.54. The molecule has 1 aliphatic rings. The molecule has 1 aromatic carbocycles. The molecule has 0 spiro atoms. The lowest BCUT2D eigenvalue weighted by Gasteiger charge is -2.06. The summed E-state index contributed by atoms with van der Waals surface area (Å²) < 4.78 is 14.1. The van der Waals surface area contributed by atoms with Gasteiger partial charge >= 0.3 is 0 Å². The van der Waals surface area contributed by atoms with Crippen LogP contribution in [0.5, 0.6) is 0 Å². The molecule has 2 aromatic rings. The number of halogens is 1. The van der Waals surface area contributed by atoms with Crippen LogP contribution in [0.25, 0.3) is 11.4 Å². The van der Waals surface area contributed by atoms with Crippen LogP contribution in [0.2, 0.25) is 0 Å². The minimum Gasteiger partial charge on any atom is -0.343 e. The lowest BCUT2D eigenvalue weighted by Crippen LogP contribution is -1.95. The van der Waals surface area contributed by atoms with Crippen molar-refractivity contribution in [3.63, 3.8) is 0 Å². The highest BCUT2D eigenvalue weighted by atomic mass is 32.1. The molecular weight excluding hydrogens is 247 g/mol. The van der Waals surface area contributed by atoms with E-state index in [9.17, 15) is 4.39 Å². The highest BCUT2D eigenvalue weighted by molar-refractivity contribution is 7.71. The van der Waals surface area contributed by atoms with E-state index in [1.165, 1.54) is 18.9 Å². The number of aromatic amines is 1. The van der Waals surface area contributed by atoms with Gasteiger partial charge in [-0.2, -0.15) is 0 Å². The van der Waals surface area contributed by atoms with Gasteiger partial charge < -0.3 is 4.98 Å². The highest BCUT2D eigenvalue weighted by Gasteiger charge is 2.24. The fraction of sp³-hybridized carbons (Fsp3) is 0.286. The van der Waals surface area contributed by atoms with Crippen molar-refractivity contribution in [1.29, 1.82) is 0 Å². The van der Waals surface area contributed by atoms with Crippen molar-refractivity contribution in [1.82, 2.24) is 9.97 Å². The van der Waals surface area contributed by atoms with Crippen LogP contribution < -0.4 is 0 Å². The molecule has 1 aromatic heterocycles. The highest BCUT2D eigenvalue weighted by Crippen LogP contribution is 2.39. The Hall–Kier alpha value is -1.55. The Bertz CT molecular complexity index is 659. The second-order valence-corrected chi connectivity index (χ2v) is 5.18. The lowest BCUT2D eigenvalue weighted by atomic mass is 10.1. The molecular formula is C14H13FN2S. The van der Waals surface area contributed by atoms with Crippen LogP contribution in [-0.2, 0) is 0 Å². The van der Waals surface area contributed by atoms with E-state index in [4.69, 9.17) is 12.2 Å². The normalized spacial score (nSPS) is 14.8. The minimum absolute atomic E-state index is 0.217. The number of nitrogens with zero attached hydrogens (tertiary/aromatic N) is 1. The molecule has 1 heterocycles. The van der Waals surface area contributed by atoms with Crippen molar-refractivity contribution < 1.29 is 4.39 Å². The molecule has 18 heavy (non-hydrogen) atoms. The van der Waals surface area contributed by atoms with Gasteiger partial charge in [-0.05, 0) is 43.4 Å². The zero-order valence-electron chi connectivity index (χ0n) is 10.0. The van der Waals surface area contributed by atoms with Crippen molar-refractivity contribution in [3.8, 4) is 11.4 Å². The molecule has 0 saturated heterocycles. The maximum atomic E-state index is 13.6. The van der Waals surface area contributed by atoms with E-state index in [-0.39, 0.29) is 5.82 Å². The summed E-state index contributed by atoms with van der Waals surface area (Å²) in [5.74, 6) is 1.01. The van der Waals surface area contributed by atoms with Crippen LogP contribution in [0.1, 0.15) is 30.0 Å². The summed E-state index contributed by atoms with van der Waals surface area (Å²) in [7, 11) is 0. The molecule has 3 rings (SSSR count). The Balaban J connectivity index is 2.09. The van der Waals surface area contributed by atoms with Crippen LogP contribution in [0.15, 0.2) is 24.3 Å². The quantitative estimate of drug-likeness (QED) is 0.822. The van der Waals surface area contributed by atoms with Gasteiger partial charge in [-0.3, -0.25) is 0 Å². The largest absolute Gasteiger partial charge is 0.343 e. The summed E-state index contributed by atoms with van der Waals surface area (Å²) in [6.07, 6.45) is 2.38. The number of rotatable bonds is 2. The monoisotopic (exact) mass is 260 g/mol. The van der Waals surface area contributed by atoms with Gasteiger partial charge in [0, 0.05) is 11.3 Å². The van der Waals surface area contributed by atoms with Crippen molar-refractivity contribution in [2.75, 3.05) is 0 Å². The molecule has 2 nitrogen and oxygen atoms in total. The predicted molar refractivity (Wildman–Crippen MR) is 71.5 cm³/mol. The molecule has 0 bridgehead atoms. The first-order valence-electron chi connectivity index (χ1n) is 6.01. The second-order valence-electron chi connectivity index (χ2n) is 4.76. The maximum Gasteiger partial charge on any atom is 0.139 e.